The molecule has 11 atom stereocenters. The Bertz CT molecular complexity index is 2330. The van der Waals surface area contributed by atoms with Crippen LogP contribution in [0.15, 0.2) is 102 Å². The van der Waals surface area contributed by atoms with Gasteiger partial charge in [-0.25, -0.2) is 14.4 Å². The van der Waals surface area contributed by atoms with E-state index in [1.54, 1.807) is 93.6 Å². The predicted molar refractivity (Wildman–Crippen MR) is 220 cm³/mol. The van der Waals surface area contributed by atoms with Gasteiger partial charge in [-0.15, -0.1) is 0 Å². The van der Waals surface area contributed by atoms with Crippen LogP contribution in [-0.4, -0.2) is 94.3 Å². The van der Waals surface area contributed by atoms with E-state index in [9.17, 15) is 34.2 Å². The van der Waals surface area contributed by atoms with Gasteiger partial charge < -0.3 is 44.0 Å². The SMILES string of the molecule is CC(=O)O[C@H]1C(=O)C23C[C@H]2CC2OC[C@@]2(OC(C)=O)C3C(OC(=O)c2ccccc2)[C@]2(O)CC(OC(=O)C(O)[C@@H](NC(=O)OCc3ccccc3)c3ccccc3)C(C)=C1C2(C)C. The predicted octanol–water partition coefficient (Wildman–Crippen LogP) is 4.87. The first kappa shape index (κ1) is 43.7. The van der Waals surface area contributed by atoms with Gasteiger partial charge in [0, 0.05) is 31.1 Å². The summed E-state index contributed by atoms with van der Waals surface area (Å²) in [6.07, 6.45) is -8.26. The molecular weight excluding hydrogens is 815 g/mol. The van der Waals surface area contributed by atoms with Gasteiger partial charge >= 0.3 is 30.0 Å². The smallest absolute Gasteiger partial charge is 0.408 e. The second-order valence-corrected chi connectivity index (χ2v) is 17.9. The first-order valence-corrected chi connectivity index (χ1v) is 21.1. The Hall–Kier alpha value is -5.90. The molecule has 15 heteroatoms. The van der Waals surface area contributed by atoms with Crippen molar-refractivity contribution in [3.8, 4) is 0 Å². The summed E-state index contributed by atoms with van der Waals surface area (Å²) in [5.41, 5.74) is -5.23. The van der Waals surface area contributed by atoms with Gasteiger partial charge in [-0.3, -0.25) is 14.4 Å². The summed E-state index contributed by atoms with van der Waals surface area (Å²) >= 11 is 0. The summed E-state index contributed by atoms with van der Waals surface area (Å²) in [6.45, 7) is 6.94. The number of aliphatic hydroxyl groups is 2. The molecule has 8 rings (SSSR count). The maximum absolute atomic E-state index is 15.5. The minimum atomic E-state index is -2.25. The molecule has 15 nitrogen and oxygen atoms in total. The third-order valence-electron chi connectivity index (χ3n) is 14.0. The van der Waals surface area contributed by atoms with Gasteiger partial charge in [0.05, 0.1) is 24.1 Å². The fraction of sp³-hybridized carbons (Fsp3) is 0.458. The van der Waals surface area contributed by atoms with E-state index >= 15 is 4.79 Å². The Morgan fingerprint density at radius 1 is 0.857 bits per heavy atom. The van der Waals surface area contributed by atoms with Gasteiger partial charge in [-0.05, 0) is 60.1 Å². The second-order valence-electron chi connectivity index (χ2n) is 17.9. The van der Waals surface area contributed by atoms with Crippen LogP contribution in [0.3, 0.4) is 0 Å². The highest BCUT2D eigenvalue weighted by atomic mass is 16.6. The molecule has 5 aliphatic rings. The molecule has 63 heavy (non-hydrogen) atoms. The largest absolute Gasteiger partial charge is 0.456 e. The zero-order chi connectivity index (χ0) is 45.1. The van der Waals surface area contributed by atoms with Crippen LogP contribution in [-0.2, 0) is 54.2 Å². The van der Waals surface area contributed by atoms with Crippen molar-refractivity contribution in [1.29, 1.82) is 0 Å². The number of Topliss-reactive ketones (excluding diaryl/α,β-unsaturated/α-hetero) is 1. The summed E-state index contributed by atoms with van der Waals surface area (Å²) in [7, 11) is 0. The lowest BCUT2D eigenvalue weighted by Gasteiger charge is -2.64. The van der Waals surface area contributed by atoms with Gasteiger partial charge in [0.1, 0.15) is 30.5 Å². The van der Waals surface area contributed by atoms with Crippen LogP contribution < -0.4 is 5.32 Å². The molecule has 3 aromatic carbocycles. The molecule has 3 N–H and O–H groups in total. The zero-order valence-electron chi connectivity index (χ0n) is 35.6. The number of ketones is 1. The molecule has 4 fully saturated rings. The van der Waals surface area contributed by atoms with E-state index in [1.165, 1.54) is 19.1 Å². The number of amides is 1. The van der Waals surface area contributed by atoms with E-state index in [0.717, 1.165) is 6.92 Å². The van der Waals surface area contributed by atoms with Crippen molar-refractivity contribution < 1.29 is 67.4 Å². The Morgan fingerprint density at radius 3 is 2.10 bits per heavy atom. The third kappa shape index (κ3) is 7.39. The quantitative estimate of drug-likeness (QED) is 0.134. The standard InChI is InChI=1S/C48H51NO14/c1-26-33(61-43(55)37(52)36(30-17-11-7-12-18-30)49-44(56)58-24-29-15-9-6-10-16-29)23-48(57)41(62-42(54)31-19-13-8-14-20-31)39-46(40(53)38(60-27(2)50)35(26)45(48,4)5)22-32(46)21-34-47(39,25-59-34)63-28(3)51/h6-20,32-34,36-39,41,52,57H,21-25H2,1-5H3,(H,49,56)/t32-,33?,34?,36+,37?,38-,39?,41?,46?,47+,48-/m1/s1. The first-order chi connectivity index (χ1) is 29.9. The number of carbonyl (C=O) groups excluding carboxylic acids is 6. The molecule has 4 aliphatic carbocycles. The summed E-state index contributed by atoms with van der Waals surface area (Å²) in [4.78, 5) is 83.2. The van der Waals surface area contributed by atoms with Gasteiger partial charge in [-0.2, -0.15) is 0 Å². The van der Waals surface area contributed by atoms with E-state index in [-0.39, 0.29) is 42.3 Å². The normalized spacial score (nSPS) is 32.0. The number of esters is 4. The van der Waals surface area contributed by atoms with Crippen LogP contribution >= 0.6 is 0 Å². The van der Waals surface area contributed by atoms with Crippen LogP contribution in [0.1, 0.15) is 81.4 Å². The highest BCUT2D eigenvalue weighted by Crippen LogP contribution is 2.74. The fourth-order valence-electron chi connectivity index (χ4n) is 10.9. The monoisotopic (exact) mass is 865 g/mol. The Morgan fingerprint density at radius 2 is 1.49 bits per heavy atom. The number of hydrogen-bond donors (Lipinski definition) is 3. The Labute approximate surface area is 364 Å². The van der Waals surface area contributed by atoms with Crippen molar-refractivity contribution in [2.24, 2.45) is 22.7 Å². The van der Waals surface area contributed by atoms with Crippen LogP contribution in [0.5, 0.6) is 0 Å². The number of nitrogens with one attached hydrogen (secondary N) is 1. The molecule has 1 aliphatic heterocycles. The molecule has 1 heterocycles. The van der Waals surface area contributed by atoms with Crippen molar-refractivity contribution in [1.82, 2.24) is 5.32 Å². The number of carbonyl (C=O) groups is 6. The molecule has 0 aromatic heterocycles. The average molecular weight is 866 g/mol. The summed E-state index contributed by atoms with van der Waals surface area (Å²) < 4.78 is 36.1. The highest BCUT2D eigenvalue weighted by molar-refractivity contribution is 5.97. The van der Waals surface area contributed by atoms with Crippen molar-refractivity contribution in [3.05, 3.63) is 119 Å². The highest BCUT2D eigenvalue weighted by Gasteiger charge is 2.84. The first-order valence-electron chi connectivity index (χ1n) is 21.1. The minimum absolute atomic E-state index is 0.0925. The van der Waals surface area contributed by atoms with Crippen molar-refractivity contribution in [2.75, 3.05) is 6.61 Å². The maximum Gasteiger partial charge on any atom is 0.408 e. The lowest BCUT2D eigenvalue weighted by molar-refractivity contribution is -0.323. The summed E-state index contributed by atoms with van der Waals surface area (Å²) in [5, 5.41) is 28.0. The van der Waals surface area contributed by atoms with Crippen LogP contribution in [0.2, 0.25) is 0 Å². The van der Waals surface area contributed by atoms with Crippen LogP contribution in [0.4, 0.5) is 4.79 Å². The second kappa shape index (κ2) is 16.3. The lowest BCUT2D eigenvalue weighted by Crippen LogP contribution is -2.78. The number of fused-ring (bicyclic) bond motifs is 4. The molecule has 332 valence electrons. The molecule has 1 amide bonds. The average Bonchev–Trinajstić information content (AvgIpc) is 3.99. The van der Waals surface area contributed by atoms with Gasteiger partial charge in [-0.1, -0.05) is 92.7 Å². The number of aliphatic hydroxyl groups excluding tert-OH is 1. The number of rotatable bonds is 11. The number of benzene rings is 3. The fourth-order valence-corrected chi connectivity index (χ4v) is 10.9. The van der Waals surface area contributed by atoms with Gasteiger partial charge in [0.15, 0.2) is 23.6 Å². The Balaban J connectivity index is 1.21. The lowest BCUT2D eigenvalue weighted by atomic mass is 9.48. The maximum atomic E-state index is 15.5. The van der Waals surface area contributed by atoms with E-state index in [0.29, 0.717) is 17.5 Å². The molecule has 3 saturated carbocycles. The number of ether oxygens (including phenoxy) is 6. The molecule has 1 spiro atoms. The van der Waals surface area contributed by atoms with Crippen molar-refractivity contribution >= 4 is 35.8 Å². The van der Waals surface area contributed by atoms with Crippen molar-refractivity contribution in [2.45, 2.75) is 108 Å². The van der Waals surface area contributed by atoms with Gasteiger partial charge in [0.25, 0.3) is 0 Å². The number of alkyl carbamates (subject to hydrolysis) is 1. The van der Waals surface area contributed by atoms with E-state index in [2.05, 4.69) is 5.32 Å². The summed E-state index contributed by atoms with van der Waals surface area (Å²) in [5.74, 6) is -5.68. The van der Waals surface area contributed by atoms with E-state index in [1.807, 2.05) is 6.07 Å². The summed E-state index contributed by atoms with van der Waals surface area (Å²) in [6, 6.07) is 23.8. The van der Waals surface area contributed by atoms with Crippen LogP contribution in [0, 0.1) is 22.7 Å². The number of hydrogen-bond acceptors (Lipinski definition) is 14. The molecular formula is C48H51NO14. The molecule has 2 bridgehead atoms. The van der Waals surface area contributed by atoms with E-state index in [4.69, 9.17) is 28.4 Å². The van der Waals surface area contributed by atoms with E-state index < -0.39 is 107 Å². The van der Waals surface area contributed by atoms with Crippen LogP contribution in [0.25, 0.3) is 0 Å². The molecule has 1 saturated heterocycles. The Kier molecular flexibility index (Phi) is 11.3. The molecule has 0 radical (unpaired) electrons. The zero-order valence-corrected chi connectivity index (χ0v) is 35.6. The van der Waals surface area contributed by atoms with Crippen molar-refractivity contribution in [3.63, 3.8) is 0 Å². The topological polar surface area (TPSA) is 210 Å². The third-order valence-corrected chi connectivity index (χ3v) is 14.0. The molecule has 3 aromatic rings. The molecule has 6 unspecified atom stereocenters. The minimum Gasteiger partial charge on any atom is -0.456 e. The van der Waals surface area contributed by atoms with Gasteiger partial charge in [0.2, 0.25) is 0 Å².